The summed E-state index contributed by atoms with van der Waals surface area (Å²) in [5.41, 5.74) is 6.32. The molecule has 5 heteroatoms. The molecule has 4 N–H and O–H groups in total. The van der Waals surface area contributed by atoms with E-state index in [-0.39, 0.29) is 11.8 Å². The number of phenolic OH excluding ortho intramolecular Hbond substituents is 1. The van der Waals surface area contributed by atoms with Crippen molar-refractivity contribution in [1.82, 2.24) is 5.32 Å². The number of nitrogens with one attached hydrogen (secondary N) is 1. The van der Waals surface area contributed by atoms with Crippen molar-refractivity contribution in [3.63, 3.8) is 0 Å². The standard InChI is InChI=1S/C18H29NO2.C10H21NO/c1-19-18(21)11-9-7-5-3-2-4-6-8-10-16-12-14-17(20)15-13-16;1-2-3-4-5-6-7-8-9-10(11)12/h12-15,20H,2-11H2,1H3,(H,19,21);2-9H2,1H3,(H2,11,12). The van der Waals surface area contributed by atoms with Gasteiger partial charge in [0, 0.05) is 19.9 Å². The van der Waals surface area contributed by atoms with Crippen molar-refractivity contribution in [2.75, 3.05) is 7.05 Å². The zero-order valence-corrected chi connectivity index (χ0v) is 21.4. The zero-order valence-electron chi connectivity index (χ0n) is 21.4. The van der Waals surface area contributed by atoms with Gasteiger partial charge >= 0.3 is 0 Å². The van der Waals surface area contributed by atoms with E-state index < -0.39 is 0 Å². The van der Waals surface area contributed by atoms with Gasteiger partial charge in [0.05, 0.1) is 0 Å². The average Bonchev–Trinajstić information content (AvgIpc) is 2.81. The van der Waals surface area contributed by atoms with E-state index in [9.17, 15) is 14.7 Å². The first-order valence-corrected chi connectivity index (χ1v) is 13.3. The van der Waals surface area contributed by atoms with Crippen LogP contribution in [0, 0.1) is 0 Å². The molecule has 0 saturated carbocycles. The van der Waals surface area contributed by atoms with Crippen molar-refractivity contribution in [2.45, 2.75) is 122 Å². The van der Waals surface area contributed by atoms with E-state index in [1.807, 2.05) is 12.1 Å². The number of hydrogen-bond donors (Lipinski definition) is 3. The molecule has 0 aliphatic rings. The Hall–Kier alpha value is -2.04. The van der Waals surface area contributed by atoms with E-state index in [1.54, 1.807) is 19.2 Å². The molecule has 1 aromatic carbocycles. The molecule has 0 spiro atoms. The Morgan fingerprint density at radius 1 is 0.727 bits per heavy atom. The average molecular weight is 463 g/mol. The lowest BCUT2D eigenvalue weighted by Crippen LogP contribution is -2.16. The van der Waals surface area contributed by atoms with Gasteiger partial charge in [-0.2, -0.15) is 0 Å². The van der Waals surface area contributed by atoms with Gasteiger partial charge in [0.2, 0.25) is 11.8 Å². The minimum Gasteiger partial charge on any atom is -0.508 e. The molecule has 0 aliphatic heterocycles. The maximum atomic E-state index is 11.0. The third kappa shape index (κ3) is 22.9. The second kappa shape index (κ2) is 23.1. The number of amides is 2. The molecule has 0 saturated heterocycles. The number of primary amides is 1. The minimum absolute atomic E-state index is 0.157. The summed E-state index contributed by atoms with van der Waals surface area (Å²) in [4.78, 5) is 21.4. The van der Waals surface area contributed by atoms with Crippen LogP contribution in [0.3, 0.4) is 0 Å². The molecule has 0 bridgehead atoms. The molecule has 2 amide bonds. The van der Waals surface area contributed by atoms with Gasteiger partial charge in [-0.25, -0.2) is 0 Å². The van der Waals surface area contributed by atoms with Crippen LogP contribution in [-0.2, 0) is 16.0 Å². The number of unbranched alkanes of at least 4 members (excludes halogenated alkanes) is 13. The van der Waals surface area contributed by atoms with Crippen LogP contribution in [0.15, 0.2) is 24.3 Å². The van der Waals surface area contributed by atoms with Gasteiger partial charge in [-0.1, -0.05) is 96.1 Å². The Morgan fingerprint density at radius 3 is 1.67 bits per heavy atom. The number of carbonyl (C=O) groups is 2. The van der Waals surface area contributed by atoms with Crippen LogP contribution < -0.4 is 11.1 Å². The van der Waals surface area contributed by atoms with Crippen LogP contribution in [-0.4, -0.2) is 24.0 Å². The summed E-state index contributed by atoms with van der Waals surface area (Å²) in [6.45, 7) is 2.22. The summed E-state index contributed by atoms with van der Waals surface area (Å²) in [6, 6.07) is 7.52. The number of hydrogen-bond acceptors (Lipinski definition) is 3. The van der Waals surface area contributed by atoms with E-state index in [0.717, 1.165) is 25.7 Å². The summed E-state index contributed by atoms with van der Waals surface area (Å²) in [6.07, 6.45) is 20.8. The van der Waals surface area contributed by atoms with Gasteiger partial charge in [-0.05, 0) is 43.4 Å². The number of aromatic hydroxyl groups is 1. The number of nitrogens with two attached hydrogens (primary N) is 1. The summed E-state index contributed by atoms with van der Waals surface area (Å²) in [5.74, 6) is 0.336. The van der Waals surface area contributed by atoms with Crippen molar-refractivity contribution in [1.29, 1.82) is 0 Å². The SMILES string of the molecule is CCCCCCCCCC(N)=O.CNC(=O)CCCCCCCCCCc1ccc(O)cc1. The molecule has 0 atom stereocenters. The molecular weight excluding hydrogens is 412 g/mol. The van der Waals surface area contributed by atoms with Gasteiger partial charge in [0.1, 0.15) is 5.75 Å². The summed E-state index contributed by atoms with van der Waals surface area (Å²) >= 11 is 0. The normalized spacial score (nSPS) is 10.4. The Bertz CT molecular complexity index is 587. The molecule has 0 radical (unpaired) electrons. The fraction of sp³-hybridized carbons (Fsp3) is 0.714. The van der Waals surface area contributed by atoms with Gasteiger partial charge in [0.25, 0.3) is 0 Å². The van der Waals surface area contributed by atoms with E-state index >= 15 is 0 Å². The highest BCUT2D eigenvalue weighted by Gasteiger charge is 1.98. The summed E-state index contributed by atoms with van der Waals surface area (Å²) in [7, 11) is 1.69. The lowest BCUT2D eigenvalue weighted by atomic mass is 10.0. The molecule has 1 rings (SSSR count). The van der Waals surface area contributed by atoms with E-state index in [1.165, 1.54) is 82.6 Å². The number of carbonyl (C=O) groups excluding carboxylic acids is 2. The first kappa shape index (κ1) is 31.0. The zero-order chi connectivity index (χ0) is 24.6. The maximum Gasteiger partial charge on any atom is 0.219 e. The lowest BCUT2D eigenvalue weighted by molar-refractivity contribution is -0.120. The molecule has 33 heavy (non-hydrogen) atoms. The first-order chi connectivity index (χ1) is 16.0. The minimum atomic E-state index is -0.163. The summed E-state index contributed by atoms with van der Waals surface area (Å²) < 4.78 is 0. The fourth-order valence-electron chi connectivity index (χ4n) is 3.72. The Balaban J connectivity index is 0.000000728. The molecule has 0 heterocycles. The van der Waals surface area contributed by atoms with Crippen LogP contribution in [0.1, 0.15) is 122 Å². The number of aryl methyl sites for hydroxylation is 1. The molecule has 5 nitrogen and oxygen atoms in total. The number of phenols is 1. The molecule has 1 aromatic rings. The maximum absolute atomic E-state index is 11.0. The highest BCUT2D eigenvalue weighted by molar-refractivity contribution is 5.75. The van der Waals surface area contributed by atoms with E-state index in [2.05, 4.69) is 12.2 Å². The molecule has 0 fully saturated rings. The molecule has 0 aliphatic carbocycles. The quantitative estimate of drug-likeness (QED) is 0.197. The fourth-order valence-corrected chi connectivity index (χ4v) is 3.72. The summed E-state index contributed by atoms with van der Waals surface area (Å²) in [5, 5.41) is 11.9. The van der Waals surface area contributed by atoms with Gasteiger partial charge in [0.15, 0.2) is 0 Å². The highest BCUT2D eigenvalue weighted by atomic mass is 16.3. The van der Waals surface area contributed by atoms with Crippen LogP contribution in [0.4, 0.5) is 0 Å². The van der Waals surface area contributed by atoms with E-state index in [4.69, 9.17) is 5.73 Å². The largest absolute Gasteiger partial charge is 0.508 e. The van der Waals surface area contributed by atoms with Crippen LogP contribution in [0.25, 0.3) is 0 Å². The van der Waals surface area contributed by atoms with Gasteiger partial charge in [-0.15, -0.1) is 0 Å². The van der Waals surface area contributed by atoms with E-state index in [0.29, 0.717) is 18.6 Å². The van der Waals surface area contributed by atoms with Crippen molar-refractivity contribution in [2.24, 2.45) is 5.73 Å². The van der Waals surface area contributed by atoms with Gasteiger partial charge in [-0.3, -0.25) is 9.59 Å². The van der Waals surface area contributed by atoms with Crippen molar-refractivity contribution < 1.29 is 14.7 Å². The second-order valence-corrected chi connectivity index (χ2v) is 9.01. The van der Waals surface area contributed by atoms with Gasteiger partial charge < -0.3 is 16.2 Å². The van der Waals surface area contributed by atoms with Crippen molar-refractivity contribution in [3.05, 3.63) is 29.8 Å². The Morgan fingerprint density at radius 2 is 1.18 bits per heavy atom. The predicted octanol–water partition coefficient (Wildman–Crippen LogP) is 6.80. The number of rotatable bonds is 19. The monoisotopic (exact) mass is 462 g/mol. The lowest BCUT2D eigenvalue weighted by Gasteiger charge is -2.03. The Labute approximate surface area is 202 Å². The van der Waals surface area contributed by atoms with Crippen LogP contribution in [0.2, 0.25) is 0 Å². The molecule has 0 aromatic heterocycles. The second-order valence-electron chi connectivity index (χ2n) is 9.01. The van der Waals surface area contributed by atoms with Crippen LogP contribution >= 0.6 is 0 Å². The molecule has 190 valence electrons. The van der Waals surface area contributed by atoms with Crippen LogP contribution in [0.5, 0.6) is 5.75 Å². The number of benzene rings is 1. The molecular formula is C28H50N2O3. The van der Waals surface area contributed by atoms with Crippen molar-refractivity contribution in [3.8, 4) is 5.75 Å². The molecule has 0 unspecified atom stereocenters. The topological polar surface area (TPSA) is 92.4 Å². The first-order valence-electron chi connectivity index (χ1n) is 13.3. The highest BCUT2D eigenvalue weighted by Crippen LogP contribution is 2.14. The third-order valence-corrected chi connectivity index (χ3v) is 5.86. The third-order valence-electron chi connectivity index (χ3n) is 5.86. The Kier molecular flexibility index (Phi) is 21.7. The van der Waals surface area contributed by atoms with Crippen molar-refractivity contribution >= 4 is 11.8 Å². The predicted molar refractivity (Wildman–Crippen MR) is 139 cm³/mol. The smallest absolute Gasteiger partial charge is 0.219 e.